The third-order valence-electron chi connectivity index (χ3n) is 4.72. The van der Waals surface area contributed by atoms with E-state index in [1.54, 1.807) is 10.4 Å². The van der Waals surface area contributed by atoms with Crippen molar-refractivity contribution in [2.75, 3.05) is 19.6 Å². The summed E-state index contributed by atoms with van der Waals surface area (Å²) < 4.78 is 27.5. The average molecular weight is 512 g/mol. The van der Waals surface area contributed by atoms with Gasteiger partial charge in [0, 0.05) is 30.6 Å². The van der Waals surface area contributed by atoms with Crippen molar-refractivity contribution in [3.05, 3.63) is 17.0 Å². The van der Waals surface area contributed by atoms with E-state index in [1.807, 2.05) is 13.0 Å². The lowest BCUT2D eigenvalue weighted by molar-refractivity contribution is 0.347. The molecule has 1 saturated carbocycles. The number of halogens is 1. The molecular formula is C17H29IN4O2S2. The molecule has 26 heavy (non-hydrogen) atoms. The Kier molecular flexibility index (Phi) is 8.17. The van der Waals surface area contributed by atoms with Crippen LogP contribution in [-0.2, 0) is 16.6 Å². The molecule has 0 radical (unpaired) electrons. The van der Waals surface area contributed by atoms with Gasteiger partial charge in [0.05, 0.1) is 6.54 Å². The van der Waals surface area contributed by atoms with Gasteiger partial charge >= 0.3 is 0 Å². The summed E-state index contributed by atoms with van der Waals surface area (Å²) in [6.07, 6.45) is 4.22. The maximum absolute atomic E-state index is 12.7. The lowest BCUT2D eigenvalue weighted by Crippen LogP contribution is -2.39. The van der Waals surface area contributed by atoms with Crippen LogP contribution in [0.5, 0.6) is 0 Å². The Balaban J connectivity index is 0.00000243. The van der Waals surface area contributed by atoms with Crippen LogP contribution in [0.1, 0.15) is 44.4 Å². The quantitative estimate of drug-likeness (QED) is 0.349. The van der Waals surface area contributed by atoms with Gasteiger partial charge in [-0.3, -0.25) is 0 Å². The number of piperidine rings is 1. The molecule has 2 N–H and O–H groups in total. The van der Waals surface area contributed by atoms with Crippen molar-refractivity contribution in [3.63, 3.8) is 0 Å². The van der Waals surface area contributed by atoms with E-state index in [0.29, 0.717) is 35.8 Å². The van der Waals surface area contributed by atoms with Crippen LogP contribution in [0.15, 0.2) is 21.3 Å². The van der Waals surface area contributed by atoms with E-state index >= 15 is 0 Å². The summed E-state index contributed by atoms with van der Waals surface area (Å²) in [7, 11) is -3.33. The monoisotopic (exact) mass is 512 g/mol. The second-order valence-corrected chi connectivity index (χ2v) is 10.2. The van der Waals surface area contributed by atoms with Crippen molar-refractivity contribution in [1.82, 2.24) is 14.9 Å². The lowest BCUT2D eigenvalue weighted by atomic mass is 10.2. The van der Waals surface area contributed by atoms with Gasteiger partial charge in [0.15, 0.2) is 5.96 Å². The van der Waals surface area contributed by atoms with Crippen molar-refractivity contribution in [2.24, 2.45) is 10.9 Å². The Labute approximate surface area is 177 Å². The minimum atomic E-state index is -3.33. The van der Waals surface area contributed by atoms with E-state index in [-0.39, 0.29) is 24.0 Å². The van der Waals surface area contributed by atoms with Gasteiger partial charge in [-0.1, -0.05) is 13.3 Å². The zero-order chi connectivity index (χ0) is 17.9. The van der Waals surface area contributed by atoms with Gasteiger partial charge in [-0.2, -0.15) is 4.31 Å². The molecule has 9 heteroatoms. The summed E-state index contributed by atoms with van der Waals surface area (Å²) in [5, 5.41) is 6.67. The van der Waals surface area contributed by atoms with Crippen LogP contribution in [0.4, 0.5) is 0 Å². The van der Waals surface area contributed by atoms with E-state index < -0.39 is 10.0 Å². The number of sulfonamides is 1. The van der Waals surface area contributed by atoms with E-state index in [4.69, 9.17) is 0 Å². The first kappa shape index (κ1) is 21.9. The van der Waals surface area contributed by atoms with E-state index in [0.717, 1.165) is 36.6 Å². The van der Waals surface area contributed by atoms with Crippen LogP contribution >= 0.6 is 35.3 Å². The van der Waals surface area contributed by atoms with Crippen molar-refractivity contribution in [3.8, 4) is 0 Å². The summed E-state index contributed by atoms with van der Waals surface area (Å²) in [4.78, 5) is 5.57. The molecule has 2 atom stereocenters. The van der Waals surface area contributed by atoms with E-state index in [2.05, 4.69) is 22.5 Å². The maximum Gasteiger partial charge on any atom is 0.252 e. The summed E-state index contributed by atoms with van der Waals surface area (Å²) in [5.74, 6) is 1.51. The first-order chi connectivity index (χ1) is 12.0. The van der Waals surface area contributed by atoms with Gasteiger partial charge in [0.2, 0.25) is 0 Å². The number of thiophene rings is 1. The van der Waals surface area contributed by atoms with Crippen LogP contribution in [-0.4, -0.2) is 44.4 Å². The Hall–Kier alpha value is -0.390. The van der Waals surface area contributed by atoms with Gasteiger partial charge in [-0.25, -0.2) is 13.4 Å². The Morgan fingerprint density at radius 3 is 2.62 bits per heavy atom. The fraction of sp³-hybridized carbons (Fsp3) is 0.706. The minimum Gasteiger partial charge on any atom is -0.357 e. The van der Waals surface area contributed by atoms with Crippen LogP contribution in [0, 0.1) is 5.92 Å². The molecule has 3 rings (SSSR count). The third-order valence-corrected chi connectivity index (χ3v) is 8.15. The van der Waals surface area contributed by atoms with E-state index in [1.165, 1.54) is 17.8 Å². The predicted octanol–water partition coefficient (Wildman–Crippen LogP) is 3.00. The molecule has 1 aliphatic heterocycles. The van der Waals surface area contributed by atoms with Crippen molar-refractivity contribution < 1.29 is 8.42 Å². The Morgan fingerprint density at radius 1 is 1.31 bits per heavy atom. The van der Waals surface area contributed by atoms with Crippen LogP contribution < -0.4 is 10.6 Å². The molecule has 1 saturated heterocycles. The molecular weight excluding hydrogens is 483 g/mol. The molecule has 1 aromatic rings. The molecule has 0 aromatic carbocycles. The van der Waals surface area contributed by atoms with Gasteiger partial charge in [-0.05, 0) is 44.2 Å². The number of nitrogens with one attached hydrogen (secondary N) is 2. The van der Waals surface area contributed by atoms with Gasteiger partial charge in [0.1, 0.15) is 4.21 Å². The largest absolute Gasteiger partial charge is 0.357 e. The van der Waals surface area contributed by atoms with Crippen molar-refractivity contribution in [1.29, 1.82) is 0 Å². The van der Waals surface area contributed by atoms with Crippen LogP contribution in [0.25, 0.3) is 0 Å². The second kappa shape index (κ2) is 9.70. The summed E-state index contributed by atoms with van der Waals surface area (Å²) in [6, 6.07) is 4.12. The first-order valence-electron chi connectivity index (χ1n) is 9.14. The normalized spacial score (nSPS) is 24.0. The van der Waals surface area contributed by atoms with Gasteiger partial charge < -0.3 is 10.6 Å². The van der Waals surface area contributed by atoms with E-state index in [9.17, 15) is 8.42 Å². The molecule has 148 valence electrons. The fourth-order valence-corrected chi connectivity index (χ4v) is 5.94. The molecule has 1 aromatic heterocycles. The van der Waals surface area contributed by atoms with Gasteiger partial charge in [0.25, 0.3) is 10.0 Å². The summed E-state index contributed by atoms with van der Waals surface area (Å²) >= 11 is 1.34. The molecule has 0 amide bonds. The Bertz CT molecular complexity index is 714. The maximum atomic E-state index is 12.7. The van der Waals surface area contributed by atoms with Crippen LogP contribution in [0.3, 0.4) is 0 Å². The lowest BCUT2D eigenvalue weighted by Gasteiger charge is -2.25. The highest BCUT2D eigenvalue weighted by Crippen LogP contribution is 2.29. The zero-order valence-electron chi connectivity index (χ0n) is 15.4. The highest BCUT2D eigenvalue weighted by Gasteiger charge is 2.33. The number of aliphatic imine (C=N–C) groups is 1. The molecule has 0 bridgehead atoms. The molecule has 2 heterocycles. The zero-order valence-corrected chi connectivity index (χ0v) is 19.4. The number of rotatable bonds is 6. The molecule has 6 nitrogen and oxygen atoms in total. The SMILES string of the molecule is CCNC(=NCc1ccc(S(=O)(=O)N2CCCCC2)s1)NC1CC1C.I. The minimum absolute atomic E-state index is 0. The number of hydrogen-bond donors (Lipinski definition) is 2. The van der Waals surface area contributed by atoms with Crippen molar-refractivity contribution >= 4 is 51.3 Å². The topological polar surface area (TPSA) is 73.8 Å². The average Bonchev–Trinajstić information content (AvgIpc) is 3.10. The first-order valence-corrected chi connectivity index (χ1v) is 11.4. The molecule has 1 aliphatic carbocycles. The standard InChI is InChI=1S/C17H28N4O2S2.HI/c1-3-18-17(20-15-11-13(15)2)19-12-14-7-8-16(24-14)25(22,23)21-9-5-4-6-10-21;/h7-8,13,15H,3-6,9-12H2,1-2H3,(H2,18,19,20);1H. The highest BCUT2D eigenvalue weighted by molar-refractivity contribution is 14.0. The number of nitrogens with zero attached hydrogens (tertiary/aromatic N) is 2. The number of guanidine groups is 1. The Morgan fingerprint density at radius 2 is 2.00 bits per heavy atom. The van der Waals surface area contributed by atoms with Crippen molar-refractivity contribution in [2.45, 2.75) is 56.3 Å². The smallest absolute Gasteiger partial charge is 0.252 e. The van der Waals surface area contributed by atoms with Crippen LogP contribution in [0.2, 0.25) is 0 Å². The molecule has 2 aliphatic rings. The fourth-order valence-electron chi connectivity index (χ4n) is 2.99. The number of hydrogen-bond acceptors (Lipinski definition) is 4. The molecule has 2 fully saturated rings. The predicted molar refractivity (Wildman–Crippen MR) is 118 cm³/mol. The summed E-state index contributed by atoms with van der Waals surface area (Å²) in [5.41, 5.74) is 0. The molecule has 2 unspecified atom stereocenters. The highest BCUT2D eigenvalue weighted by atomic mass is 127. The van der Waals surface area contributed by atoms with Gasteiger partial charge in [-0.15, -0.1) is 35.3 Å². The third kappa shape index (κ3) is 5.56. The molecule has 0 spiro atoms. The summed E-state index contributed by atoms with van der Waals surface area (Å²) in [6.45, 7) is 6.85. The second-order valence-electron chi connectivity index (χ2n) is 6.84.